The molecule has 0 radical (unpaired) electrons. The highest BCUT2D eigenvalue weighted by Gasteiger charge is 2.23. The van der Waals surface area contributed by atoms with E-state index in [2.05, 4.69) is 27.0 Å². The third-order valence-corrected chi connectivity index (χ3v) is 4.31. The molecule has 1 saturated heterocycles. The first-order valence-electron chi connectivity index (χ1n) is 7.52. The molecular formula is C17H17N5O. The van der Waals surface area contributed by atoms with E-state index in [1.807, 2.05) is 24.3 Å². The number of hydrogen-bond acceptors (Lipinski definition) is 2. The van der Waals surface area contributed by atoms with Crippen LogP contribution >= 0.6 is 0 Å². The van der Waals surface area contributed by atoms with Crippen molar-refractivity contribution < 1.29 is 4.79 Å². The molecule has 0 atom stereocenters. The molecule has 23 heavy (non-hydrogen) atoms. The number of carbonyl (C=O) groups is 1. The van der Waals surface area contributed by atoms with Crippen LogP contribution in [0.25, 0.3) is 21.8 Å². The summed E-state index contributed by atoms with van der Waals surface area (Å²) in [5.41, 5.74) is 13.3. The van der Waals surface area contributed by atoms with Crippen molar-refractivity contribution in [2.24, 2.45) is 16.5 Å². The number of para-hydroxylation sites is 1. The summed E-state index contributed by atoms with van der Waals surface area (Å²) in [4.78, 5) is 15.7. The zero-order chi connectivity index (χ0) is 16.0. The standard InChI is InChI=1S/C17H17N5O/c18-17(19)21-16(23)10-5-6-13-12-3-1-2-4-14(12)22(15(13)7-10)11-8-20-9-11/h1-7,11,20H,8-9H2,(H4,18,19,21,23). The van der Waals surface area contributed by atoms with Crippen molar-refractivity contribution in [3.63, 3.8) is 0 Å². The summed E-state index contributed by atoms with van der Waals surface area (Å²) >= 11 is 0. The summed E-state index contributed by atoms with van der Waals surface area (Å²) in [7, 11) is 0. The molecule has 6 heteroatoms. The monoisotopic (exact) mass is 307 g/mol. The van der Waals surface area contributed by atoms with Gasteiger partial charge in [0.25, 0.3) is 5.91 Å². The average Bonchev–Trinajstić information content (AvgIpc) is 2.80. The Morgan fingerprint density at radius 2 is 1.83 bits per heavy atom. The van der Waals surface area contributed by atoms with Crippen LogP contribution < -0.4 is 16.8 Å². The number of hydrogen-bond donors (Lipinski definition) is 3. The lowest BCUT2D eigenvalue weighted by molar-refractivity contribution is 0.100. The van der Waals surface area contributed by atoms with E-state index in [0.29, 0.717) is 11.6 Å². The van der Waals surface area contributed by atoms with Crippen molar-refractivity contribution in [2.45, 2.75) is 6.04 Å². The molecule has 0 saturated carbocycles. The van der Waals surface area contributed by atoms with Crippen LogP contribution in [-0.4, -0.2) is 29.5 Å². The van der Waals surface area contributed by atoms with E-state index in [0.717, 1.165) is 24.0 Å². The Bertz CT molecular complexity index is 948. The third kappa shape index (κ3) is 2.15. The maximum Gasteiger partial charge on any atom is 0.280 e. The normalized spacial score (nSPS) is 14.8. The molecule has 1 fully saturated rings. The van der Waals surface area contributed by atoms with Crippen molar-refractivity contribution in [2.75, 3.05) is 13.1 Å². The summed E-state index contributed by atoms with van der Waals surface area (Å²) in [5, 5.41) is 5.62. The number of fused-ring (bicyclic) bond motifs is 3. The number of nitrogens with two attached hydrogens (primary N) is 2. The molecular weight excluding hydrogens is 290 g/mol. The highest BCUT2D eigenvalue weighted by molar-refractivity contribution is 6.11. The Kier molecular flexibility index (Phi) is 3.06. The fourth-order valence-corrected chi connectivity index (χ4v) is 3.16. The van der Waals surface area contributed by atoms with Gasteiger partial charge in [-0.1, -0.05) is 24.3 Å². The van der Waals surface area contributed by atoms with Gasteiger partial charge in [-0.2, -0.15) is 4.99 Å². The van der Waals surface area contributed by atoms with Crippen molar-refractivity contribution in [3.8, 4) is 0 Å². The number of guanidine groups is 1. The fourth-order valence-electron chi connectivity index (χ4n) is 3.16. The number of amides is 1. The van der Waals surface area contributed by atoms with Gasteiger partial charge in [0, 0.05) is 34.9 Å². The average molecular weight is 307 g/mol. The molecule has 1 amide bonds. The minimum atomic E-state index is -0.421. The molecule has 6 nitrogen and oxygen atoms in total. The van der Waals surface area contributed by atoms with E-state index >= 15 is 0 Å². The van der Waals surface area contributed by atoms with Crippen LogP contribution in [0.4, 0.5) is 0 Å². The summed E-state index contributed by atoms with van der Waals surface area (Å²) in [5.74, 6) is -0.644. The minimum Gasteiger partial charge on any atom is -0.370 e. The molecule has 116 valence electrons. The number of nitrogens with one attached hydrogen (secondary N) is 1. The van der Waals surface area contributed by atoms with Gasteiger partial charge in [-0.3, -0.25) is 4.79 Å². The molecule has 3 aromatic rings. The van der Waals surface area contributed by atoms with Crippen LogP contribution in [0.15, 0.2) is 47.5 Å². The second-order valence-corrected chi connectivity index (χ2v) is 5.77. The molecule has 0 unspecified atom stereocenters. The first kappa shape index (κ1) is 13.8. The van der Waals surface area contributed by atoms with Crippen LogP contribution in [0.3, 0.4) is 0 Å². The summed E-state index contributed by atoms with van der Waals surface area (Å²) in [6.45, 7) is 1.86. The summed E-state index contributed by atoms with van der Waals surface area (Å²) < 4.78 is 2.30. The van der Waals surface area contributed by atoms with E-state index in [-0.39, 0.29) is 5.96 Å². The fraction of sp³-hybridized carbons (Fsp3) is 0.176. The molecule has 4 rings (SSSR count). The maximum absolute atomic E-state index is 12.1. The van der Waals surface area contributed by atoms with E-state index in [9.17, 15) is 4.79 Å². The van der Waals surface area contributed by atoms with Crippen LogP contribution in [0.1, 0.15) is 16.4 Å². The van der Waals surface area contributed by atoms with Crippen molar-refractivity contribution in [1.82, 2.24) is 9.88 Å². The predicted octanol–water partition coefficient (Wildman–Crippen LogP) is 1.35. The first-order chi connectivity index (χ1) is 11.1. The van der Waals surface area contributed by atoms with Gasteiger partial charge in [-0.05, 0) is 18.2 Å². The molecule has 5 N–H and O–H groups in total. The second-order valence-electron chi connectivity index (χ2n) is 5.77. The SMILES string of the molecule is NC(N)=NC(=O)c1ccc2c3ccccc3n(C3CNC3)c2c1. The minimum absolute atomic E-state index is 0.223. The number of rotatable bonds is 2. The van der Waals surface area contributed by atoms with Crippen molar-refractivity contribution in [1.29, 1.82) is 0 Å². The molecule has 2 aromatic carbocycles. The quantitative estimate of drug-likeness (QED) is 0.491. The molecule has 0 bridgehead atoms. The van der Waals surface area contributed by atoms with E-state index in [4.69, 9.17) is 11.5 Å². The first-order valence-corrected chi connectivity index (χ1v) is 7.52. The van der Waals surface area contributed by atoms with Gasteiger partial charge in [-0.25, -0.2) is 0 Å². The van der Waals surface area contributed by atoms with Crippen LogP contribution in [0, 0.1) is 0 Å². The zero-order valence-corrected chi connectivity index (χ0v) is 12.5. The summed E-state index contributed by atoms with van der Waals surface area (Å²) in [6, 6.07) is 14.3. The Labute approximate surface area is 132 Å². The van der Waals surface area contributed by atoms with Gasteiger partial charge in [0.2, 0.25) is 0 Å². The topological polar surface area (TPSA) is 98.4 Å². The lowest BCUT2D eigenvalue weighted by Crippen LogP contribution is -2.43. The highest BCUT2D eigenvalue weighted by atomic mass is 16.1. The Morgan fingerprint density at radius 1 is 1.09 bits per heavy atom. The van der Waals surface area contributed by atoms with Gasteiger partial charge in [0.05, 0.1) is 11.6 Å². The smallest absolute Gasteiger partial charge is 0.280 e. The highest BCUT2D eigenvalue weighted by Crippen LogP contribution is 2.33. The van der Waals surface area contributed by atoms with Crippen molar-refractivity contribution in [3.05, 3.63) is 48.0 Å². The van der Waals surface area contributed by atoms with Gasteiger partial charge in [-0.15, -0.1) is 0 Å². The number of aliphatic imine (C=N–C) groups is 1. The van der Waals surface area contributed by atoms with Crippen molar-refractivity contribution >= 4 is 33.7 Å². The van der Waals surface area contributed by atoms with Crippen LogP contribution in [0.5, 0.6) is 0 Å². The second kappa shape index (κ2) is 5.10. The number of aromatic nitrogens is 1. The molecule has 1 aliphatic heterocycles. The Morgan fingerprint density at radius 3 is 2.52 bits per heavy atom. The maximum atomic E-state index is 12.1. The van der Waals surface area contributed by atoms with Gasteiger partial charge >= 0.3 is 0 Å². The molecule has 2 heterocycles. The molecule has 1 aromatic heterocycles. The Balaban J connectivity index is 1.98. The van der Waals surface area contributed by atoms with Gasteiger partial charge in [0.15, 0.2) is 5.96 Å². The number of nitrogens with zero attached hydrogens (tertiary/aromatic N) is 2. The summed E-state index contributed by atoms with van der Waals surface area (Å²) in [6.07, 6.45) is 0. The van der Waals surface area contributed by atoms with E-state index in [1.165, 1.54) is 10.9 Å². The third-order valence-electron chi connectivity index (χ3n) is 4.31. The zero-order valence-electron chi connectivity index (χ0n) is 12.5. The van der Waals surface area contributed by atoms with Crippen LogP contribution in [0.2, 0.25) is 0 Å². The molecule has 0 spiro atoms. The number of benzene rings is 2. The lowest BCUT2D eigenvalue weighted by Gasteiger charge is -2.30. The number of carbonyl (C=O) groups excluding carboxylic acids is 1. The van der Waals surface area contributed by atoms with E-state index in [1.54, 1.807) is 6.07 Å². The molecule has 1 aliphatic rings. The molecule has 0 aliphatic carbocycles. The van der Waals surface area contributed by atoms with Crippen LogP contribution in [-0.2, 0) is 0 Å². The predicted molar refractivity (Wildman–Crippen MR) is 91.5 cm³/mol. The largest absolute Gasteiger partial charge is 0.370 e. The van der Waals surface area contributed by atoms with Gasteiger partial charge in [0.1, 0.15) is 0 Å². The van der Waals surface area contributed by atoms with Gasteiger partial charge < -0.3 is 21.4 Å². The van der Waals surface area contributed by atoms with E-state index < -0.39 is 5.91 Å². The lowest BCUT2D eigenvalue weighted by atomic mass is 10.1. The Hall–Kier alpha value is -2.86.